The van der Waals surface area contributed by atoms with E-state index in [1.807, 2.05) is 21.1 Å². The molecule has 0 spiro atoms. The maximum atomic E-state index is 12.8. The van der Waals surface area contributed by atoms with Crippen LogP contribution in [0, 0.1) is 0 Å². The van der Waals surface area contributed by atoms with Gasteiger partial charge in [-0.05, 0) is 103 Å². The van der Waals surface area contributed by atoms with Gasteiger partial charge in [-0.1, -0.05) is 212 Å². The summed E-state index contributed by atoms with van der Waals surface area (Å²) < 4.78 is 22.6. The van der Waals surface area contributed by atoms with E-state index in [2.05, 4.69) is 135 Å². The number of quaternary nitrogens is 1. The highest BCUT2D eigenvalue weighted by atomic mass is 16.7. The molecule has 0 rings (SSSR count). The molecule has 0 aliphatic carbocycles. The Morgan fingerprint density at radius 2 is 0.740 bits per heavy atom. The number of ether oxygens (including phenoxy) is 4. The van der Waals surface area contributed by atoms with Crippen LogP contribution in [0.25, 0.3) is 0 Å². The smallest absolute Gasteiger partial charge is 0.306 e. The molecule has 0 heterocycles. The summed E-state index contributed by atoms with van der Waals surface area (Å²) in [4.78, 5) is 37.3. The molecule has 2 unspecified atom stereocenters. The summed E-state index contributed by atoms with van der Waals surface area (Å²) in [5, 5.41) is 11.8. The van der Waals surface area contributed by atoms with Crippen molar-refractivity contribution in [3.63, 3.8) is 0 Å². The van der Waals surface area contributed by atoms with Crippen LogP contribution in [0.4, 0.5) is 0 Å². The van der Waals surface area contributed by atoms with Crippen LogP contribution in [0.15, 0.2) is 122 Å². The third-order valence-electron chi connectivity index (χ3n) is 11.7. The van der Waals surface area contributed by atoms with Crippen molar-refractivity contribution in [2.75, 3.05) is 47.5 Å². The number of unbranched alkanes of at least 4 members (excludes halogenated alkanes) is 16. The molecular formula is C64H105NO8. The normalized spacial score (nSPS) is 13.7. The fraction of sp³-hybridized carbons (Fsp3) is 0.641. The first-order valence-corrected chi connectivity index (χ1v) is 28.7. The second kappa shape index (κ2) is 54.0. The minimum atomic E-state index is -1.64. The quantitative estimate of drug-likeness (QED) is 0.0195. The van der Waals surface area contributed by atoms with E-state index in [9.17, 15) is 19.5 Å². The molecule has 9 heteroatoms. The lowest BCUT2D eigenvalue weighted by Gasteiger charge is -2.26. The Morgan fingerprint density at radius 3 is 1.12 bits per heavy atom. The molecule has 73 heavy (non-hydrogen) atoms. The van der Waals surface area contributed by atoms with E-state index in [0.717, 1.165) is 96.3 Å². The molecule has 9 nitrogen and oxygen atoms in total. The summed E-state index contributed by atoms with van der Waals surface area (Å²) >= 11 is 0. The zero-order chi connectivity index (χ0) is 53.4. The Morgan fingerprint density at radius 1 is 0.411 bits per heavy atom. The average molecular weight is 1020 g/mol. The van der Waals surface area contributed by atoms with E-state index in [1.54, 1.807) is 0 Å². The highest BCUT2D eigenvalue weighted by Crippen LogP contribution is 2.15. The Hall–Kier alpha value is -4.31. The molecule has 0 aromatic carbocycles. The monoisotopic (exact) mass is 1020 g/mol. The van der Waals surface area contributed by atoms with Crippen LogP contribution in [0.3, 0.4) is 0 Å². The predicted octanol–water partition coefficient (Wildman–Crippen LogP) is 15.6. The third-order valence-corrected chi connectivity index (χ3v) is 11.7. The maximum Gasteiger partial charge on any atom is 0.306 e. The van der Waals surface area contributed by atoms with Crippen LogP contribution in [0.5, 0.6) is 0 Å². The topological polar surface area (TPSA) is 111 Å². The average Bonchev–Trinajstić information content (AvgIpc) is 3.36. The largest absolute Gasteiger partial charge is 0.545 e. The lowest BCUT2D eigenvalue weighted by atomic mass is 10.0. The lowest BCUT2D eigenvalue weighted by molar-refractivity contribution is -0.870. The summed E-state index contributed by atoms with van der Waals surface area (Å²) in [5.41, 5.74) is 0. The van der Waals surface area contributed by atoms with E-state index in [0.29, 0.717) is 17.4 Å². The van der Waals surface area contributed by atoms with Gasteiger partial charge in [0.25, 0.3) is 0 Å². The molecule has 414 valence electrons. The number of carbonyl (C=O) groups excluding carboxylic acids is 3. The molecule has 0 aliphatic heterocycles. The Labute approximate surface area is 447 Å². The number of likely N-dealkylation sites (N-methyl/N-ethyl adjacent to an activating group) is 1. The first-order chi connectivity index (χ1) is 35.6. The molecule has 0 radical (unpaired) electrons. The van der Waals surface area contributed by atoms with Crippen LogP contribution in [-0.2, 0) is 33.3 Å². The summed E-state index contributed by atoms with van der Waals surface area (Å²) in [5.74, 6) is -2.36. The van der Waals surface area contributed by atoms with Gasteiger partial charge in [0.15, 0.2) is 12.4 Å². The first-order valence-electron chi connectivity index (χ1n) is 28.7. The molecular weight excluding hydrogens is 911 g/mol. The van der Waals surface area contributed by atoms with Crippen molar-refractivity contribution in [1.82, 2.24) is 0 Å². The van der Waals surface area contributed by atoms with Crippen LogP contribution in [-0.4, -0.2) is 82.3 Å². The fourth-order valence-corrected chi connectivity index (χ4v) is 7.35. The predicted molar refractivity (Wildman–Crippen MR) is 306 cm³/mol. The van der Waals surface area contributed by atoms with Crippen LogP contribution >= 0.6 is 0 Å². The van der Waals surface area contributed by atoms with Gasteiger partial charge in [-0.15, -0.1) is 0 Å². The van der Waals surface area contributed by atoms with Gasteiger partial charge >= 0.3 is 11.9 Å². The van der Waals surface area contributed by atoms with E-state index in [4.69, 9.17) is 18.9 Å². The summed E-state index contributed by atoms with van der Waals surface area (Å²) in [7, 11) is 5.90. The highest BCUT2D eigenvalue weighted by molar-refractivity contribution is 5.70. The number of allylic oxidation sites excluding steroid dienone is 20. The Bertz CT molecular complexity index is 1610. The van der Waals surface area contributed by atoms with Crippen LogP contribution in [0.1, 0.15) is 206 Å². The first kappa shape index (κ1) is 68.7. The van der Waals surface area contributed by atoms with Crippen molar-refractivity contribution in [1.29, 1.82) is 0 Å². The van der Waals surface area contributed by atoms with Crippen molar-refractivity contribution >= 4 is 17.9 Å². The number of carboxylic acids is 1. The third kappa shape index (κ3) is 55.3. The summed E-state index contributed by atoms with van der Waals surface area (Å²) in [6.07, 6.45) is 72.5. The molecule has 0 aromatic heterocycles. The number of esters is 2. The molecule has 0 saturated heterocycles. The van der Waals surface area contributed by atoms with Crippen molar-refractivity contribution in [2.24, 2.45) is 0 Å². The number of hydrogen-bond donors (Lipinski definition) is 0. The molecule has 0 aromatic rings. The number of nitrogens with zero attached hydrogens (tertiary/aromatic N) is 1. The van der Waals surface area contributed by atoms with Gasteiger partial charge in [0.2, 0.25) is 0 Å². The van der Waals surface area contributed by atoms with Crippen molar-refractivity contribution in [2.45, 2.75) is 219 Å². The van der Waals surface area contributed by atoms with Crippen molar-refractivity contribution in [3.05, 3.63) is 122 Å². The van der Waals surface area contributed by atoms with Gasteiger partial charge in [0, 0.05) is 12.8 Å². The van der Waals surface area contributed by atoms with Gasteiger partial charge in [-0.2, -0.15) is 0 Å². The lowest BCUT2D eigenvalue weighted by Crippen LogP contribution is -2.44. The molecule has 0 aliphatic rings. The summed E-state index contributed by atoms with van der Waals surface area (Å²) in [6, 6.07) is 0. The highest BCUT2D eigenvalue weighted by Gasteiger charge is 2.22. The number of carboxylic acid groups (broad SMARTS) is 1. The second-order valence-corrected chi connectivity index (χ2v) is 19.8. The van der Waals surface area contributed by atoms with E-state index >= 15 is 0 Å². The van der Waals surface area contributed by atoms with Gasteiger partial charge in [-0.25, -0.2) is 0 Å². The number of rotatable bonds is 51. The molecule has 2 atom stereocenters. The van der Waals surface area contributed by atoms with E-state index in [-0.39, 0.29) is 38.6 Å². The maximum absolute atomic E-state index is 12.8. The van der Waals surface area contributed by atoms with Crippen molar-refractivity contribution < 1.29 is 42.9 Å². The minimum Gasteiger partial charge on any atom is -0.545 e. The molecule has 0 N–H and O–H groups in total. The van der Waals surface area contributed by atoms with E-state index < -0.39 is 24.3 Å². The van der Waals surface area contributed by atoms with Gasteiger partial charge in [-0.3, -0.25) is 9.59 Å². The van der Waals surface area contributed by atoms with Crippen molar-refractivity contribution in [3.8, 4) is 0 Å². The molecule has 0 bridgehead atoms. The van der Waals surface area contributed by atoms with Crippen LogP contribution < -0.4 is 5.11 Å². The van der Waals surface area contributed by atoms with E-state index in [1.165, 1.54) is 77.0 Å². The molecule has 0 fully saturated rings. The Balaban J connectivity index is 4.32. The second-order valence-electron chi connectivity index (χ2n) is 19.8. The fourth-order valence-electron chi connectivity index (χ4n) is 7.35. The number of hydrogen-bond acceptors (Lipinski definition) is 8. The molecule has 0 amide bonds. The van der Waals surface area contributed by atoms with Gasteiger partial charge in [0.05, 0.1) is 40.3 Å². The zero-order valence-electron chi connectivity index (χ0n) is 47.0. The zero-order valence-corrected chi connectivity index (χ0v) is 47.0. The summed E-state index contributed by atoms with van der Waals surface area (Å²) in [6.45, 7) is 4.46. The van der Waals surface area contributed by atoms with Crippen LogP contribution in [0.2, 0.25) is 0 Å². The standard InChI is InChI=1S/C64H105NO8/c1-6-8-10-12-14-16-18-20-22-24-26-28-29-30-31-32-33-35-36-38-40-42-44-46-48-50-52-54-61(66)71-58-60(59-72-64(63(68)69)70-57-56-65(3,4)5)73-62(67)55-53-51-49-47-45-43-41-39-37-34-27-25-23-21-19-17-15-13-11-9-7-2/h8-11,14-17,20-23,26-28,34,39,41,45,47,60,64H,6-7,12-13,18-19,24-25,29-33,35-38,40,42-44,46,48-59H2,1-5H3/b10-8-,11-9-,16-14-,17-15-,22-20-,23-21-,28-26-,34-27-,41-39-,47-45-. The molecule has 0 saturated carbocycles. The minimum absolute atomic E-state index is 0.133. The van der Waals surface area contributed by atoms with Gasteiger partial charge in [0.1, 0.15) is 13.2 Å². The van der Waals surface area contributed by atoms with Gasteiger partial charge < -0.3 is 33.3 Å². The number of aliphatic carboxylic acids is 1. The number of carbonyl (C=O) groups is 3. The Kier molecular flexibility index (Phi) is 50.8. The SMILES string of the molecule is CC/C=C\C/C=C\C/C=C\C/C=C\C/C=C\C/C=C\CCCCC(=O)OC(COC(=O)CCCCCCCCCCCCCCCC/C=C\C/C=C\C/C=C\C/C=C\CC)COC(OCC[N+](C)(C)C)C(=O)[O-].